The zero-order chi connectivity index (χ0) is 9.23. The summed E-state index contributed by atoms with van der Waals surface area (Å²) < 4.78 is 5.19. The minimum atomic E-state index is 0.402. The Morgan fingerprint density at radius 2 is 2.25 bits per heavy atom. The Morgan fingerprint density at radius 3 is 2.83 bits per heavy atom. The van der Waals surface area contributed by atoms with Crippen LogP contribution in [0, 0.1) is 0 Å². The van der Waals surface area contributed by atoms with E-state index in [-0.39, 0.29) is 0 Å². The van der Waals surface area contributed by atoms with Crippen molar-refractivity contribution in [1.29, 1.82) is 0 Å². The number of nitrogens with one attached hydrogen (secondary N) is 1. The second-order valence-electron chi connectivity index (χ2n) is 2.36. The van der Waals surface area contributed by atoms with E-state index in [1.54, 1.807) is 0 Å². The van der Waals surface area contributed by atoms with E-state index in [0.29, 0.717) is 18.2 Å². The quantitative estimate of drug-likeness (QED) is 0.654. The van der Waals surface area contributed by atoms with Crippen molar-refractivity contribution in [2.75, 3.05) is 26.3 Å². The highest BCUT2D eigenvalue weighted by molar-refractivity contribution is 6.36. The second kappa shape index (κ2) is 9.33. The molecular weight excluding hydrogens is 197 g/mol. The molecule has 0 spiro atoms. The van der Waals surface area contributed by atoms with Gasteiger partial charge in [0, 0.05) is 12.1 Å². The number of rotatable bonds is 7. The predicted octanol–water partition coefficient (Wildman–Crippen LogP) is 2.32. The van der Waals surface area contributed by atoms with E-state index >= 15 is 0 Å². The Balaban J connectivity index is 3.00. The van der Waals surface area contributed by atoms with Crippen LogP contribution in [0.5, 0.6) is 0 Å². The van der Waals surface area contributed by atoms with Crippen LogP contribution in [0.3, 0.4) is 0 Å². The molecule has 0 rings (SSSR count). The van der Waals surface area contributed by atoms with Gasteiger partial charge < -0.3 is 10.1 Å². The zero-order valence-corrected chi connectivity index (χ0v) is 8.79. The summed E-state index contributed by atoms with van der Waals surface area (Å²) in [5.74, 6) is 0. The van der Waals surface area contributed by atoms with E-state index < -0.39 is 0 Å². The lowest BCUT2D eigenvalue weighted by Gasteiger charge is -2.03. The van der Waals surface area contributed by atoms with Crippen LogP contribution in [0.1, 0.15) is 13.3 Å². The van der Waals surface area contributed by atoms with Crippen LogP contribution in [0.15, 0.2) is 10.6 Å². The third-order valence-electron chi connectivity index (χ3n) is 1.21. The molecule has 0 heterocycles. The lowest BCUT2D eigenvalue weighted by atomic mass is 10.5. The predicted molar refractivity (Wildman–Crippen MR) is 53.8 cm³/mol. The number of hydrogen-bond donors (Lipinski definition) is 1. The first-order valence-electron chi connectivity index (χ1n) is 4.04. The third-order valence-corrected chi connectivity index (χ3v) is 1.80. The summed E-state index contributed by atoms with van der Waals surface area (Å²) in [6.07, 6.45) is 1.14. The second-order valence-corrected chi connectivity index (χ2v) is 3.06. The van der Waals surface area contributed by atoms with Gasteiger partial charge in [-0.05, 0) is 13.0 Å². The van der Waals surface area contributed by atoms with Crippen LogP contribution in [-0.2, 0) is 4.74 Å². The van der Waals surface area contributed by atoms with Crippen molar-refractivity contribution in [3.63, 3.8) is 0 Å². The van der Waals surface area contributed by atoms with Crippen LogP contribution in [0.25, 0.3) is 0 Å². The normalized spacial score (nSPS) is 12.1. The standard InChI is InChI=1S/C8H15Cl2NO/c1-2-3-11-4-5-12-7-8(10)6-9/h6,11H,2-5,7H2,1H3. The van der Waals surface area contributed by atoms with Gasteiger partial charge in [-0.1, -0.05) is 30.1 Å². The SMILES string of the molecule is CCCNCCOCC(Cl)=CCl. The molecule has 4 heteroatoms. The van der Waals surface area contributed by atoms with Crippen molar-refractivity contribution in [1.82, 2.24) is 5.32 Å². The molecule has 0 unspecified atom stereocenters. The Morgan fingerprint density at radius 1 is 1.50 bits per heavy atom. The minimum absolute atomic E-state index is 0.402. The highest BCUT2D eigenvalue weighted by Crippen LogP contribution is 2.02. The molecule has 0 saturated heterocycles. The molecule has 12 heavy (non-hydrogen) atoms. The van der Waals surface area contributed by atoms with E-state index in [4.69, 9.17) is 27.9 Å². The summed E-state index contributed by atoms with van der Waals surface area (Å²) >= 11 is 10.9. The molecule has 0 aromatic heterocycles. The van der Waals surface area contributed by atoms with Gasteiger partial charge in [0.1, 0.15) is 0 Å². The maximum atomic E-state index is 5.59. The van der Waals surface area contributed by atoms with Crippen molar-refractivity contribution >= 4 is 23.2 Å². The van der Waals surface area contributed by atoms with Gasteiger partial charge in [0.2, 0.25) is 0 Å². The van der Waals surface area contributed by atoms with Crippen molar-refractivity contribution < 1.29 is 4.74 Å². The number of ether oxygens (including phenoxy) is 1. The van der Waals surface area contributed by atoms with Gasteiger partial charge in [-0.3, -0.25) is 0 Å². The molecule has 0 aliphatic heterocycles. The van der Waals surface area contributed by atoms with Crippen molar-refractivity contribution in [3.05, 3.63) is 10.6 Å². The van der Waals surface area contributed by atoms with Crippen molar-refractivity contribution in [2.45, 2.75) is 13.3 Å². The highest BCUT2D eigenvalue weighted by Gasteiger charge is 1.91. The number of hydrogen-bond acceptors (Lipinski definition) is 2. The smallest absolute Gasteiger partial charge is 0.0832 e. The summed E-state index contributed by atoms with van der Waals surface area (Å²) in [6, 6.07) is 0. The van der Waals surface area contributed by atoms with E-state index in [9.17, 15) is 0 Å². The highest BCUT2D eigenvalue weighted by atomic mass is 35.5. The molecule has 0 fully saturated rings. The van der Waals surface area contributed by atoms with E-state index in [1.807, 2.05) is 0 Å². The Hall–Kier alpha value is 0.240. The Bertz CT molecular complexity index is 128. The topological polar surface area (TPSA) is 21.3 Å². The zero-order valence-electron chi connectivity index (χ0n) is 7.28. The summed E-state index contributed by atoms with van der Waals surface area (Å²) in [4.78, 5) is 0. The molecule has 0 aliphatic carbocycles. The molecule has 0 amide bonds. The van der Waals surface area contributed by atoms with Gasteiger partial charge >= 0.3 is 0 Å². The van der Waals surface area contributed by atoms with Gasteiger partial charge in [0.25, 0.3) is 0 Å². The molecule has 72 valence electrons. The Kier molecular flexibility index (Phi) is 9.52. The van der Waals surface area contributed by atoms with Crippen LogP contribution in [0.2, 0.25) is 0 Å². The molecule has 2 nitrogen and oxygen atoms in total. The fraction of sp³-hybridized carbons (Fsp3) is 0.750. The summed E-state index contributed by atoms with van der Waals surface area (Å²) in [5, 5.41) is 3.74. The first-order valence-corrected chi connectivity index (χ1v) is 4.86. The Labute approximate surface area is 83.9 Å². The van der Waals surface area contributed by atoms with E-state index in [0.717, 1.165) is 19.5 Å². The minimum Gasteiger partial charge on any atom is -0.375 e. The fourth-order valence-corrected chi connectivity index (χ4v) is 0.787. The fourth-order valence-electron chi connectivity index (χ4n) is 0.647. The maximum Gasteiger partial charge on any atom is 0.0832 e. The largest absolute Gasteiger partial charge is 0.375 e. The lowest BCUT2D eigenvalue weighted by molar-refractivity contribution is 0.162. The van der Waals surface area contributed by atoms with Crippen LogP contribution < -0.4 is 5.32 Å². The van der Waals surface area contributed by atoms with Gasteiger partial charge in [-0.15, -0.1) is 0 Å². The van der Waals surface area contributed by atoms with Crippen molar-refractivity contribution in [3.8, 4) is 0 Å². The summed E-state index contributed by atoms with van der Waals surface area (Å²) in [5.41, 5.74) is 1.32. The van der Waals surface area contributed by atoms with Gasteiger partial charge in [-0.25, -0.2) is 0 Å². The average Bonchev–Trinajstić information content (AvgIpc) is 2.10. The molecule has 0 radical (unpaired) electrons. The maximum absolute atomic E-state index is 5.59. The molecule has 1 N–H and O–H groups in total. The average molecular weight is 212 g/mol. The molecular formula is C8H15Cl2NO. The molecule has 0 aromatic rings. The van der Waals surface area contributed by atoms with Crippen molar-refractivity contribution in [2.24, 2.45) is 0 Å². The number of halogens is 2. The summed E-state index contributed by atoms with van der Waals surface area (Å²) in [7, 11) is 0. The lowest BCUT2D eigenvalue weighted by Crippen LogP contribution is -2.20. The van der Waals surface area contributed by atoms with E-state index in [2.05, 4.69) is 12.2 Å². The molecule has 0 aromatic carbocycles. The third kappa shape index (κ3) is 8.34. The first-order chi connectivity index (χ1) is 5.81. The van der Waals surface area contributed by atoms with Gasteiger partial charge in [0.15, 0.2) is 0 Å². The summed E-state index contributed by atoms with van der Waals surface area (Å²) in [6.45, 7) is 5.09. The molecule has 0 bridgehead atoms. The molecule has 0 aliphatic rings. The first kappa shape index (κ1) is 12.2. The monoisotopic (exact) mass is 211 g/mol. The van der Waals surface area contributed by atoms with Gasteiger partial charge in [-0.2, -0.15) is 0 Å². The van der Waals surface area contributed by atoms with Crippen LogP contribution in [-0.4, -0.2) is 26.3 Å². The molecule has 0 atom stereocenters. The van der Waals surface area contributed by atoms with E-state index in [1.165, 1.54) is 5.54 Å². The van der Waals surface area contributed by atoms with Crippen LogP contribution >= 0.6 is 23.2 Å². The molecule has 0 saturated carbocycles. The van der Waals surface area contributed by atoms with Gasteiger partial charge in [0.05, 0.1) is 18.2 Å². The van der Waals surface area contributed by atoms with Crippen LogP contribution in [0.4, 0.5) is 0 Å².